The molecule has 0 radical (unpaired) electrons. The highest BCUT2D eigenvalue weighted by Gasteiger charge is 2.47. The van der Waals surface area contributed by atoms with Crippen LogP contribution >= 0.6 is 0 Å². The van der Waals surface area contributed by atoms with Crippen molar-refractivity contribution in [3.05, 3.63) is 29.8 Å². The number of aromatic nitrogens is 1. The van der Waals surface area contributed by atoms with E-state index in [-0.39, 0.29) is 6.42 Å². The Kier molecular flexibility index (Phi) is 1.98. The number of nitrogens with zero attached hydrogens (tertiary/aromatic N) is 1. The first-order chi connectivity index (χ1) is 6.64. The Morgan fingerprint density at radius 2 is 2.36 bits per heavy atom. The number of hydrogen-bond acceptors (Lipinski definition) is 2. The number of carboxylic acids is 1. The van der Waals surface area contributed by atoms with Crippen molar-refractivity contribution >= 4 is 5.97 Å². The van der Waals surface area contributed by atoms with Gasteiger partial charge in [-0.05, 0) is 18.9 Å². The summed E-state index contributed by atoms with van der Waals surface area (Å²) in [6.45, 7) is 0. The van der Waals surface area contributed by atoms with Crippen LogP contribution in [0.25, 0.3) is 0 Å². The van der Waals surface area contributed by atoms with Crippen LogP contribution in [0.4, 0.5) is 4.39 Å². The second-order valence-corrected chi connectivity index (χ2v) is 3.69. The van der Waals surface area contributed by atoms with E-state index in [4.69, 9.17) is 5.11 Å². The van der Waals surface area contributed by atoms with E-state index in [1.807, 2.05) is 0 Å². The van der Waals surface area contributed by atoms with E-state index in [0.717, 1.165) is 12.8 Å². The number of halogens is 1. The lowest BCUT2D eigenvalue weighted by molar-refractivity contribution is -0.137. The molecule has 3 nitrogen and oxygen atoms in total. The predicted octanol–water partition coefficient (Wildman–Crippen LogP) is 1.73. The van der Waals surface area contributed by atoms with E-state index in [1.165, 1.54) is 6.20 Å². The fourth-order valence-corrected chi connectivity index (χ4v) is 1.76. The third-order valence-electron chi connectivity index (χ3n) is 2.67. The molecule has 0 aliphatic heterocycles. The van der Waals surface area contributed by atoms with Gasteiger partial charge in [-0.1, -0.05) is 6.07 Å². The summed E-state index contributed by atoms with van der Waals surface area (Å²) in [5, 5.41) is 8.70. The lowest BCUT2D eigenvalue weighted by Crippen LogP contribution is -2.15. The van der Waals surface area contributed by atoms with Gasteiger partial charge in [-0.25, -0.2) is 4.98 Å². The first kappa shape index (κ1) is 9.12. The van der Waals surface area contributed by atoms with Gasteiger partial charge in [0.05, 0.1) is 6.42 Å². The van der Waals surface area contributed by atoms with Crippen LogP contribution in [0.2, 0.25) is 0 Å². The monoisotopic (exact) mass is 195 g/mol. The van der Waals surface area contributed by atoms with E-state index >= 15 is 0 Å². The standard InChI is InChI=1S/C10H10FNO2/c11-9-7(2-1-5-12-9)10(3-4-10)6-8(13)14/h1-2,5H,3-4,6H2,(H,13,14). The SMILES string of the molecule is O=C(O)CC1(c2cccnc2F)CC1. The van der Waals surface area contributed by atoms with Gasteiger partial charge >= 0.3 is 5.97 Å². The molecular weight excluding hydrogens is 185 g/mol. The van der Waals surface area contributed by atoms with Crippen molar-refractivity contribution in [2.45, 2.75) is 24.7 Å². The maximum atomic E-state index is 13.3. The smallest absolute Gasteiger partial charge is 0.304 e. The van der Waals surface area contributed by atoms with Crippen LogP contribution in [-0.2, 0) is 10.2 Å². The van der Waals surface area contributed by atoms with Crippen LogP contribution < -0.4 is 0 Å². The summed E-state index contributed by atoms with van der Waals surface area (Å²) in [5.41, 5.74) is -0.0353. The summed E-state index contributed by atoms with van der Waals surface area (Å²) in [6.07, 6.45) is 2.84. The molecule has 1 N–H and O–H groups in total. The van der Waals surface area contributed by atoms with E-state index in [9.17, 15) is 9.18 Å². The first-order valence-corrected chi connectivity index (χ1v) is 4.47. The van der Waals surface area contributed by atoms with Crippen LogP contribution in [-0.4, -0.2) is 16.1 Å². The summed E-state index contributed by atoms with van der Waals surface area (Å²) < 4.78 is 13.3. The second-order valence-electron chi connectivity index (χ2n) is 3.69. The topological polar surface area (TPSA) is 50.2 Å². The summed E-state index contributed by atoms with van der Waals surface area (Å²) >= 11 is 0. The third kappa shape index (κ3) is 1.47. The van der Waals surface area contributed by atoms with E-state index in [2.05, 4.69) is 4.98 Å². The Labute approximate surface area is 80.6 Å². The molecule has 4 heteroatoms. The highest BCUT2D eigenvalue weighted by Crippen LogP contribution is 2.51. The molecule has 0 unspecified atom stereocenters. The van der Waals surface area contributed by atoms with Gasteiger partial charge in [0, 0.05) is 17.2 Å². The zero-order chi connectivity index (χ0) is 10.2. The molecule has 1 aromatic rings. The molecule has 1 heterocycles. The highest BCUT2D eigenvalue weighted by molar-refractivity contribution is 5.70. The lowest BCUT2D eigenvalue weighted by atomic mass is 9.94. The highest BCUT2D eigenvalue weighted by atomic mass is 19.1. The van der Waals surface area contributed by atoms with Crippen LogP contribution in [0.15, 0.2) is 18.3 Å². The van der Waals surface area contributed by atoms with Crippen LogP contribution in [0.1, 0.15) is 24.8 Å². The summed E-state index contributed by atoms with van der Waals surface area (Å²) in [4.78, 5) is 14.1. The molecule has 1 aromatic heterocycles. The van der Waals surface area contributed by atoms with Crippen LogP contribution in [0.3, 0.4) is 0 Å². The van der Waals surface area contributed by atoms with Crippen molar-refractivity contribution < 1.29 is 14.3 Å². The van der Waals surface area contributed by atoms with Gasteiger partial charge < -0.3 is 5.11 Å². The number of rotatable bonds is 3. The molecule has 2 rings (SSSR count). The van der Waals surface area contributed by atoms with Gasteiger partial charge in [0.2, 0.25) is 5.95 Å². The maximum Gasteiger partial charge on any atom is 0.304 e. The zero-order valence-electron chi connectivity index (χ0n) is 7.53. The average Bonchev–Trinajstić information content (AvgIpc) is 2.85. The Hall–Kier alpha value is -1.45. The number of pyridine rings is 1. The minimum atomic E-state index is -0.884. The van der Waals surface area contributed by atoms with E-state index in [0.29, 0.717) is 5.56 Å². The lowest BCUT2D eigenvalue weighted by Gasteiger charge is -2.12. The van der Waals surface area contributed by atoms with Gasteiger partial charge in [-0.2, -0.15) is 4.39 Å². The van der Waals surface area contributed by atoms with Gasteiger partial charge in [-0.3, -0.25) is 4.79 Å². The van der Waals surface area contributed by atoms with Crippen molar-refractivity contribution in [1.29, 1.82) is 0 Å². The molecule has 1 aliphatic rings. The normalized spacial score (nSPS) is 17.8. The van der Waals surface area contributed by atoms with Crippen molar-refractivity contribution in [2.24, 2.45) is 0 Å². The maximum absolute atomic E-state index is 13.3. The Morgan fingerprint density at radius 3 is 2.86 bits per heavy atom. The van der Waals surface area contributed by atoms with Crippen molar-refractivity contribution in [2.75, 3.05) is 0 Å². The summed E-state index contributed by atoms with van der Waals surface area (Å²) in [5.74, 6) is -1.42. The second kappa shape index (κ2) is 3.04. The number of carbonyl (C=O) groups is 1. The quantitative estimate of drug-likeness (QED) is 0.747. The minimum absolute atomic E-state index is 0.00435. The van der Waals surface area contributed by atoms with Crippen molar-refractivity contribution in [3.63, 3.8) is 0 Å². The number of carboxylic acid groups (broad SMARTS) is 1. The molecule has 0 spiro atoms. The Morgan fingerprint density at radius 1 is 1.64 bits per heavy atom. The van der Waals surface area contributed by atoms with Gasteiger partial charge in [0.25, 0.3) is 0 Å². The van der Waals surface area contributed by atoms with Gasteiger partial charge in [-0.15, -0.1) is 0 Å². The fraction of sp³-hybridized carbons (Fsp3) is 0.400. The molecular formula is C10H10FNO2. The largest absolute Gasteiger partial charge is 0.481 e. The molecule has 0 bridgehead atoms. The van der Waals surface area contributed by atoms with Crippen molar-refractivity contribution in [3.8, 4) is 0 Å². The first-order valence-electron chi connectivity index (χ1n) is 4.47. The summed E-state index contributed by atoms with van der Waals surface area (Å²) in [6, 6.07) is 3.26. The Bertz CT molecular complexity index is 374. The van der Waals surface area contributed by atoms with Crippen LogP contribution in [0.5, 0.6) is 0 Å². The zero-order valence-corrected chi connectivity index (χ0v) is 7.53. The summed E-state index contributed by atoms with van der Waals surface area (Å²) in [7, 11) is 0. The molecule has 0 amide bonds. The molecule has 1 fully saturated rings. The molecule has 1 saturated carbocycles. The molecule has 74 valence electrons. The minimum Gasteiger partial charge on any atom is -0.481 e. The molecule has 0 atom stereocenters. The van der Waals surface area contributed by atoms with Crippen molar-refractivity contribution in [1.82, 2.24) is 4.98 Å². The predicted molar refractivity (Wildman–Crippen MR) is 47.4 cm³/mol. The van der Waals surface area contributed by atoms with Crippen LogP contribution in [0, 0.1) is 5.95 Å². The fourth-order valence-electron chi connectivity index (χ4n) is 1.76. The molecule has 14 heavy (non-hydrogen) atoms. The van der Waals surface area contributed by atoms with E-state index in [1.54, 1.807) is 12.1 Å². The molecule has 0 saturated heterocycles. The average molecular weight is 195 g/mol. The van der Waals surface area contributed by atoms with E-state index < -0.39 is 17.3 Å². The molecule has 1 aliphatic carbocycles. The number of aliphatic carboxylic acids is 1. The molecule has 0 aromatic carbocycles. The van der Waals surface area contributed by atoms with Gasteiger partial charge in [0.1, 0.15) is 0 Å². The number of hydrogen-bond donors (Lipinski definition) is 1. The Balaban J connectivity index is 2.31. The third-order valence-corrected chi connectivity index (χ3v) is 2.67. The van der Waals surface area contributed by atoms with Gasteiger partial charge in [0.15, 0.2) is 0 Å².